The summed E-state index contributed by atoms with van der Waals surface area (Å²) >= 11 is 0. The number of nitrogens with zero attached hydrogens (tertiary/aromatic N) is 2. The molecule has 8 nitrogen and oxygen atoms in total. The number of imide groups is 1. The van der Waals surface area contributed by atoms with Gasteiger partial charge in [0.25, 0.3) is 11.8 Å². The highest BCUT2D eigenvalue weighted by molar-refractivity contribution is 7.89. The summed E-state index contributed by atoms with van der Waals surface area (Å²) in [6, 6.07) is 11.5. The lowest BCUT2D eigenvalue weighted by atomic mass is 10.0. The van der Waals surface area contributed by atoms with Crippen LogP contribution in [0.4, 0.5) is 5.69 Å². The third-order valence-corrected chi connectivity index (χ3v) is 7.14. The van der Waals surface area contributed by atoms with Crippen LogP contribution in [-0.2, 0) is 19.6 Å². The van der Waals surface area contributed by atoms with E-state index in [2.05, 4.69) is 0 Å². The number of anilines is 1. The van der Waals surface area contributed by atoms with E-state index in [0.717, 1.165) is 36.1 Å². The lowest BCUT2D eigenvalue weighted by Crippen LogP contribution is -2.50. The van der Waals surface area contributed by atoms with Crippen LogP contribution in [-0.4, -0.2) is 43.1 Å². The molecule has 0 aromatic heterocycles. The van der Waals surface area contributed by atoms with Crippen molar-refractivity contribution in [3.63, 3.8) is 0 Å². The number of nitrogens with two attached hydrogens (primary N) is 1. The number of sulfonamides is 1. The Morgan fingerprint density at radius 1 is 1.03 bits per heavy atom. The zero-order valence-electron chi connectivity index (χ0n) is 17.7. The Hall–Kier alpha value is -3.04. The monoisotopic (exact) mass is 455 g/mol. The van der Waals surface area contributed by atoms with Crippen LogP contribution in [0.15, 0.2) is 53.4 Å². The van der Waals surface area contributed by atoms with E-state index in [-0.39, 0.29) is 29.0 Å². The standard InChI is InChI=1S/C23H25N3O5S/c1-15-6-2-5-9-19(15)22(28)25(16-7-3-4-8-16)20-14-21(27)26(23(20)29)17-10-12-18(13-11-17)32(24,30)31/h2,5-6,9-13,16,20H,3-4,7-8,14H2,1H3,(H2,24,30,31). The van der Waals surface area contributed by atoms with Crippen LogP contribution in [0.3, 0.4) is 0 Å². The number of rotatable bonds is 5. The molecule has 1 saturated carbocycles. The van der Waals surface area contributed by atoms with Crippen molar-refractivity contribution in [2.45, 2.75) is 56.0 Å². The van der Waals surface area contributed by atoms with Crippen molar-refractivity contribution < 1.29 is 22.8 Å². The van der Waals surface area contributed by atoms with Gasteiger partial charge in [0.05, 0.1) is 17.0 Å². The first-order valence-corrected chi connectivity index (χ1v) is 12.1. The van der Waals surface area contributed by atoms with Gasteiger partial charge in [-0.15, -0.1) is 0 Å². The molecule has 2 aliphatic rings. The van der Waals surface area contributed by atoms with Gasteiger partial charge < -0.3 is 4.90 Å². The minimum absolute atomic E-state index is 0.103. The highest BCUT2D eigenvalue weighted by Crippen LogP contribution is 2.33. The van der Waals surface area contributed by atoms with Crippen LogP contribution < -0.4 is 10.0 Å². The SMILES string of the molecule is Cc1ccccc1C(=O)N(C1CCCC1)C1CC(=O)N(c2ccc(S(N)(=O)=O)cc2)C1=O. The summed E-state index contributed by atoms with van der Waals surface area (Å²) in [5.41, 5.74) is 1.59. The van der Waals surface area contributed by atoms with Gasteiger partial charge in [-0.25, -0.2) is 18.5 Å². The molecule has 2 fully saturated rings. The zero-order chi connectivity index (χ0) is 23.0. The molecule has 0 bridgehead atoms. The average molecular weight is 456 g/mol. The van der Waals surface area contributed by atoms with E-state index < -0.39 is 27.9 Å². The summed E-state index contributed by atoms with van der Waals surface area (Å²) in [7, 11) is -3.89. The number of primary sulfonamides is 1. The average Bonchev–Trinajstić information content (AvgIpc) is 3.37. The van der Waals surface area contributed by atoms with Crippen molar-refractivity contribution in [3.8, 4) is 0 Å². The molecule has 1 saturated heterocycles. The second-order valence-corrected chi connectivity index (χ2v) is 9.85. The van der Waals surface area contributed by atoms with Gasteiger partial charge in [0, 0.05) is 11.6 Å². The smallest absolute Gasteiger partial charge is 0.257 e. The van der Waals surface area contributed by atoms with Gasteiger partial charge in [0.15, 0.2) is 0 Å². The van der Waals surface area contributed by atoms with Crippen molar-refractivity contribution >= 4 is 33.4 Å². The summed E-state index contributed by atoms with van der Waals surface area (Å²) in [5.74, 6) is -1.15. The first kappa shape index (κ1) is 22.2. The number of hydrogen-bond donors (Lipinski definition) is 1. The molecular formula is C23H25N3O5S. The number of amides is 3. The van der Waals surface area contributed by atoms with E-state index in [4.69, 9.17) is 5.14 Å². The largest absolute Gasteiger partial charge is 0.323 e. The predicted octanol–water partition coefficient (Wildman–Crippen LogP) is 2.36. The molecule has 168 valence electrons. The fraction of sp³-hybridized carbons (Fsp3) is 0.348. The molecule has 2 aromatic rings. The van der Waals surface area contributed by atoms with Crippen LogP contribution >= 0.6 is 0 Å². The van der Waals surface area contributed by atoms with E-state index >= 15 is 0 Å². The fourth-order valence-corrected chi connectivity index (χ4v) is 5.10. The van der Waals surface area contributed by atoms with Gasteiger partial charge >= 0.3 is 0 Å². The van der Waals surface area contributed by atoms with Crippen LogP contribution in [0.25, 0.3) is 0 Å². The van der Waals surface area contributed by atoms with Crippen molar-refractivity contribution in [2.75, 3.05) is 4.90 Å². The van der Waals surface area contributed by atoms with Gasteiger partial charge in [-0.3, -0.25) is 14.4 Å². The first-order chi connectivity index (χ1) is 15.2. The van der Waals surface area contributed by atoms with E-state index in [1.165, 1.54) is 24.3 Å². The normalized spacial score (nSPS) is 19.6. The van der Waals surface area contributed by atoms with Crippen LogP contribution in [0.2, 0.25) is 0 Å². The summed E-state index contributed by atoms with van der Waals surface area (Å²) in [6.07, 6.45) is 3.41. The minimum Gasteiger partial charge on any atom is -0.323 e. The van der Waals surface area contributed by atoms with Crippen molar-refractivity contribution in [1.82, 2.24) is 4.90 Å². The molecule has 0 spiro atoms. The van der Waals surface area contributed by atoms with Gasteiger partial charge in [0.2, 0.25) is 15.9 Å². The highest BCUT2D eigenvalue weighted by atomic mass is 32.2. The number of carbonyl (C=O) groups is 3. The molecule has 1 unspecified atom stereocenters. The maximum Gasteiger partial charge on any atom is 0.257 e. The predicted molar refractivity (Wildman–Crippen MR) is 118 cm³/mol. The van der Waals surface area contributed by atoms with E-state index in [1.54, 1.807) is 17.0 Å². The molecule has 1 atom stereocenters. The number of hydrogen-bond acceptors (Lipinski definition) is 5. The maximum absolute atomic E-state index is 13.6. The molecule has 1 heterocycles. The number of aryl methyl sites for hydroxylation is 1. The second-order valence-electron chi connectivity index (χ2n) is 8.29. The fourth-order valence-electron chi connectivity index (χ4n) is 4.59. The Labute approximate surface area is 187 Å². The molecule has 2 aromatic carbocycles. The molecule has 1 aliphatic heterocycles. The molecule has 1 aliphatic carbocycles. The molecule has 3 amide bonds. The second kappa shape index (κ2) is 8.48. The van der Waals surface area contributed by atoms with E-state index in [0.29, 0.717) is 5.56 Å². The third kappa shape index (κ3) is 4.05. The van der Waals surface area contributed by atoms with Crippen molar-refractivity contribution in [3.05, 3.63) is 59.7 Å². The molecule has 0 radical (unpaired) electrons. The highest BCUT2D eigenvalue weighted by Gasteiger charge is 2.47. The quantitative estimate of drug-likeness (QED) is 0.695. The Balaban J connectivity index is 1.67. The van der Waals surface area contributed by atoms with Crippen molar-refractivity contribution in [1.29, 1.82) is 0 Å². The minimum atomic E-state index is -3.89. The number of benzene rings is 2. The zero-order valence-corrected chi connectivity index (χ0v) is 18.5. The lowest BCUT2D eigenvalue weighted by Gasteiger charge is -2.33. The Bertz CT molecular complexity index is 1170. The third-order valence-electron chi connectivity index (χ3n) is 6.21. The Morgan fingerprint density at radius 2 is 1.66 bits per heavy atom. The van der Waals surface area contributed by atoms with Gasteiger partial charge in [-0.05, 0) is 55.7 Å². The Morgan fingerprint density at radius 3 is 2.25 bits per heavy atom. The lowest BCUT2D eigenvalue weighted by molar-refractivity contribution is -0.123. The first-order valence-electron chi connectivity index (χ1n) is 10.6. The van der Waals surface area contributed by atoms with E-state index in [1.807, 2.05) is 19.1 Å². The number of carbonyl (C=O) groups excluding carboxylic acids is 3. The summed E-state index contributed by atoms with van der Waals surface area (Å²) in [5, 5.41) is 5.13. The molecule has 9 heteroatoms. The van der Waals surface area contributed by atoms with Gasteiger partial charge in [-0.1, -0.05) is 31.0 Å². The molecular weight excluding hydrogens is 430 g/mol. The molecule has 2 N–H and O–H groups in total. The summed E-state index contributed by atoms with van der Waals surface area (Å²) in [4.78, 5) is 42.3. The van der Waals surface area contributed by atoms with Gasteiger partial charge in [0.1, 0.15) is 6.04 Å². The van der Waals surface area contributed by atoms with Crippen LogP contribution in [0.1, 0.15) is 48.0 Å². The Kier molecular flexibility index (Phi) is 5.87. The topological polar surface area (TPSA) is 118 Å². The summed E-state index contributed by atoms with van der Waals surface area (Å²) < 4.78 is 23.0. The molecule has 4 rings (SSSR count). The van der Waals surface area contributed by atoms with E-state index in [9.17, 15) is 22.8 Å². The van der Waals surface area contributed by atoms with Gasteiger partial charge in [-0.2, -0.15) is 0 Å². The maximum atomic E-state index is 13.6. The summed E-state index contributed by atoms with van der Waals surface area (Å²) in [6.45, 7) is 1.85. The molecule has 32 heavy (non-hydrogen) atoms. The van der Waals surface area contributed by atoms with Crippen LogP contribution in [0, 0.1) is 6.92 Å². The van der Waals surface area contributed by atoms with Crippen molar-refractivity contribution in [2.24, 2.45) is 5.14 Å². The van der Waals surface area contributed by atoms with Crippen LogP contribution in [0.5, 0.6) is 0 Å².